The maximum absolute atomic E-state index is 4.25. The fourth-order valence-electron chi connectivity index (χ4n) is 2.04. The summed E-state index contributed by atoms with van der Waals surface area (Å²) in [6.07, 6.45) is 1.11. The second kappa shape index (κ2) is 6.59. The molecule has 2 rings (SSSR count). The van der Waals surface area contributed by atoms with Crippen LogP contribution in [0.1, 0.15) is 41.9 Å². The molecule has 1 N–H and O–H groups in total. The number of thiophene rings is 1. The van der Waals surface area contributed by atoms with Crippen LogP contribution in [-0.2, 0) is 0 Å². The van der Waals surface area contributed by atoms with Crippen LogP contribution in [0.15, 0.2) is 21.3 Å². The number of nitrogens with one attached hydrogen (secondary N) is 1. The zero-order valence-electron chi connectivity index (χ0n) is 11.4. The van der Waals surface area contributed by atoms with Gasteiger partial charge in [-0.25, -0.2) is 0 Å². The van der Waals surface area contributed by atoms with Crippen LogP contribution in [0.25, 0.3) is 0 Å². The number of hydrogen-bond donors (Lipinski definition) is 1. The molecule has 2 heterocycles. The van der Waals surface area contributed by atoms with Crippen molar-refractivity contribution in [2.24, 2.45) is 0 Å². The summed E-state index contributed by atoms with van der Waals surface area (Å²) in [5.41, 5.74) is 4.42. The molecule has 0 saturated carbocycles. The molecule has 1 atom stereocenters. The Balaban J connectivity index is 2.42. The van der Waals surface area contributed by atoms with E-state index >= 15 is 0 Å². The van der Waals surface area contributed by atoms with Gasteiger partial charge < -0.3 is 5.32 Å². The van der Waals surface area contributed by atoms with Crippen molar-refractivity contribution in [3.8, 4) is 0 Å². The average Bonchev–Trinajstić information content (AvgIpc) is 2.80. The van der Waals surface area contributed by atoms with Crippen LogP contribution in [0.4, 0.5) is 0 Å². The number of hydrogen-bond acceptors (Lipinski definition) is 4. The van der Waals surface area contributed by atoms with Gasteiger partial charge in [-0.1, -0.05) is 6.92 Å². The van der Waals surface area contributed by atoms with E-state index in [0.717, 1.165) is 28.8 Å². The zero-order valence-corrected chi connectivity index (χ0v) is 13.8. The van der Waals surface area contributed by atoms with Crippen molar-refractivity contribution in [3.05, 3.63) is 43.8 Å². The SMILES string of the molecule is CCCNC(c1cscc1Br)c1cc(C)nnc1C. The highest BCUT2D eigenvalue weighted by atomic mass is 79.9. The minimum absolute atomic E-state index is 0.176. The fraction of sp³-hybridized carbons (Fsp3) is 0.429. The molecule has 0 aliphatic heterocycles. The van der Waals surface area contributed by atoms with Crippen molar-refractivity contribution in [2.75, 3.05) is 6.54 Å². The molecule has 0 spiro atoms. The Morgan fingerprint density at radius 1 is 1.26 bits per heavy atom. The molecule has 0 bridgehead atoms. The molecule has 0 saturated heterocycles. The van der Waals surface area contributed by atoms with Crippen LogP contribution in [0, 0.1) is 13.8 Å². The van der Waals surface area contributed by atoms with E-state index in [4.69, 9.17) is 0 Å². The summed E-state index contributed by atoms with van der Waals surface area (Å²) < 4.78 is 1.15. The van der Waals surface area contributed by atoms with Crippen molar-refractivity contribution in [2.45, 2.75) is 33.2 Å². The summed E-state index contributed by atoms with van der Waals surface area (Å²) in [4.78, 5) is 0. The van der Waals surface area contributed by atoms with Gasteiger partial charge in [-0.2, -0.15) is 21.5 Å². The van der Waals surface area contributed by atoms with E-state index in [2.05, 4.69) is 55.2 Å². The highest BCUT2D eigenvalue weighted by molar-refractivity contribution is 9.10. The van der Waals surface area contributed by atoms with Crippen molar-refractivity contribution in [1.29, 1.82) is 0 Å². The third-order valence-electron chi connectivity index (χ3n) is 3.00. The topological polar surface area (TPSA) is 37.8 Å². The Morgan fingerprint density at radius 3 is 2.68 bits per heavy atom. The minimum Gasteiger partial charge on any atom is -0.306 e. The molecule has 102 valence electrons. The average molecular weight is 340 g/mol. The maximum Gasteiger partial charge on any atom is 0.0651 e. The van der Waals surface area contributed by atoms with Crippen LogP contribution >= 0.6 is 27.3 Å². The molecular weight excluding hydrogens is 322 g/mol. The molecule has 0 radical (unpaired) electrons. The monoisotopic (exact) mass is 339 g/mol. The number of nitrogens with zero attached hydrogens (tertiary/aromatic N) is 2. The first-order valence-electron chi connectivity index (χ1n) is 6.39. The summed E-state index contributed by atoms with van der Waals surface area (Å²) in [7, 11) is 0. The summed E-state index contributed by atoms with van der Waals surface area (Å²) in [6, 6.07) is 2.30. The smallest absolute Gasteiger partial charge is 0.0651 e. The number of halogens is 1. The van der Waals surface area contributed by atoms with E-state index in [1.165, 1.54) is 11.1 Å². The lowest BCUT2D eigenvalue weighted by atomic mass is 10.00. The molecule has 2 aromatic heterocycles. The predicted octanol–water partition coefficient (Wildman–Crippen LogP) is 4.01. The second-order valence-corrected chi connectivity index (χ2v) is 6.19. The lowest BCUT2D eigenvalue weighted by molar-refractivity contribution is 0.591. The first-order chi connectivity index (χ1) is 9.13. The Hall–Kier alpha value is -0.780. The number of aromatic nitrogens is 2. The number of rotatable bonds is 5. The highest BCUT2D eigenvalue weighted by Gasteiger charge is 2.19. The van der Waals surface area contributed by atoms with Gasteiger partial charge in [0.15, 0.2) is 0 Å². The molecule has 0 fully saturated rings. The van der Waals surface area contributed by atoms with Crippen LogP contribution in [0.3, 0.4) is 0 Å². The normalized spacial score (nSPS) is 12.6. The molecular formula is C14H18BrN3S. The van der Waals surface area contributed by atoms with E-state index in [1.54, 1.807) is 11.3 Å². The third-order valence-corrected chi connectivity index (χ3v) is 4.75. The van der Waals surface area contributed by atoms with Crippen molar-refractivity contribution in [3.63, 3.8) is 0 Å². The van der Waals surface area contributed by atoms with Crippen molar-refractivity contribution < 1.29 is 0 Å². The molecule has 5 heteroatoms. The Kier molecular flexibility index (Phi) is 5.07. The molecule has 19 heavy (non-hydrogen) atoms. The summed E-state index contributed by atoms with van der Waals surface area (Å²) in [6.45, 7) is 7.15. The standard InChI is InChI=1S/C14H18BrN3S/c1-4-5-16-14(12-7-19-8-13(12)15)11-6-9(2)17-18-10(11)3/h6-8,14,16H,4-5H2,1-3H3. The summed E-state index contributed by atoms with van der Waals surface area (Å²) in [5.74, 6) is 0. The molecule has 0 aliphatic carbocycles. The van der Waals surface area contributed by atoms with Gasteiger partial charge in [-0.05, 0) is 65.3 Å². The van der Waals surface area contributed by atoms with Gasteiger partial charge in [0.05, 0.1) is 17.4 Å². The predicted molar refractivity (Wildman–Crippen MR) is 83.7 cm³/mol. The number of aryl methyl sites for hydroxylation is 2. The van der Waals surface area contributed by atoms with Gasteiger partial charge in [0.25, 0.3) is 0 Å². The quantitative estimate of drug-likeness (QED) is 0.894. The first-order valence-corrected chi connectivity index (χ1v) is 8.12. The van der Waals surface area contributed by atoms with Crippen molar-refractivity contribution in [1.82, 2.24) is 15.5 Å². The Labute approximate surface area is 126 Å². The first kappa shape index (κ1) is 14.6. The van der Waals surface area contributed by atoms with E-state index in [0.29, 0.717) is 0 Å². The molecule has 1 unspecified atom stereocenters. The maximum atomic E-state index is 4.25. The van der Waals surface area contributed by atoms with Crippen LogP contribution < -0.4 is 5.32 Å². The van der Waals surface area contributed by atoms with Gasteiger partial charge in [0.2, 0.25) is 0 Å². The van der Waals surface area contributed by atoms with Gasteiger partial charge in [-0.3, -0.25) is 0 Å². The fourth-order valence-corrected chi connectivity index (χ4v) is 3.59. The van der Waals surface area contributed by atoms with E-state index in [-0.39, 0.29) is 6.04 Å². The molecule has 0 amide bonds. The van der Waals surface area contributed by atoms with Crippen molar-refractivity contribution >= 4 is 27.3 Å². The largest absolute Gasteiger partial charge is 0.306 e. The lowest BCUT2D eigenvalue weighted by Gasteiger charge is -2.20. The minimum atomic E-state index is 0.176. The molecule has 2 aromatic rings. The van der Waals surface area contributed by atoms with Crippen LogP contribution in [0.2, 0.25) is 0 Å². The van der Waals surface area contributed by atoms with E-state index < -0.39 is 0 Å². The van der Waals surface area contributed by atoms with Crippen LogP contribution in [0.5, 0.6) is 0 Å². The molecule has 3 nitrogen and oxygen atoms in total. The molecule has 0 aliphatic rings. The van der Waals surface area contributed by atoms with Gasteiger partial charge in [0.1, 0.15) is 0 Å². The third kappa shape index (κ3) is 3.41. The Morgan fingerprint density at radius 2 is 2.05 bits per heavy atom. The van der Waals surface area contributed by atoms with Gasteiger partial charge >= 0.3 is 0 Å². The van der Waals surface area contributed by atoms with Gasteiger partial charge in [0, 0.05) is 9.85 Å². The van der Waals surface area contributed by atoms with Crippen LogP contribution in [-0.4, -0.2) is 16.7 Å². The summed E-state index contributed by atoms with van der Waals surface area (Å²) >= 11 is 5.34. The zero-order chi connectivity index (χ0) is 13.8. The van der Waals surface area contributed by atoms with E-state index in [1.807, 2.05) is 13.8 Å². The lowest BCUT2D eigenvalue weighted by Crippen LogP contribution is -2.24. The Bertz CT molecular complexity index is 553. The van der Waals surface area contributed by atoms with E-state index in [9.17, 15) is 0 Å². The summed E-state index contributed by atoms with van der Waals surface area (Å²) in [5, 5.41) is 16.3. The van der Waals surface area contributed by atoms with Gasteiger partial charge in [-0.15, -0.1) is 0 Å². The highest BCUT2D eigenvalue weighted by Crippen LogP contribution is 2.32. The molecule has 0 aromatic carbocycles. The second-order valence-electron chi connectivity index (χ2n) is 4.59.